The van der Waals surface area contributed by atoms with E-state index < -0.39 is 0 Å². The molecule has 0 saturated carbocycles. The Kier molecular flexibility index (Phi) is 2.21. The largest absolute Gasteiger partial charge is 0.310 e. The molecule has 4 heteroatoms. The van der Waals surface area contributed by atoms with Crippen LogP contribution in [0.25, 0.3) is 0 Å². The van der Waals surface area contributed by atoms with Crippen LogP contribution in [0.3, 0.4) is 0 Å². The molecule has 1 heterocycles. The predicted octanol–water partition coefficient (Wildman–Crippen LogP) is 1.09. The van der Waals surface area contributed by atoms with Gasteiger partial charge in [-0.3, -0.25) is 4.79 Å². The zero-order valence-corrected chi connectivity index (χ0v) is 7.10. The molecule has 54 valence electrons. The quantitative estimate of drug-likeness (QED) is 0.742. The molecule has 0 aliphatic heterocycles. The van der Waals surface area contributed by atoms with Gasteiger partial charge in [0.05, 0.1) is 0 Å². The third-order valence-corrected chi connectivity index (χ3v) is 1.71. The molecule has 1 N–H and O–H groups in total. The summed E-state index contributed by atoms with van der Waals surface area (Å²) >= 11 is 3.05. The number of nitrogens with one attached hydrogen (secondary N) is 1. The Balaban J connectivity index is 3.17. The second-order valence-electron chi connectivity index (χ2n) is 1.86. The molecule has 0 atom stereocenters. The van der Waals surface area contributed by atoms with E-state index in [2.05, 4.69) is 25.9 Å². The maximum Gasteiger partial charge on any atom is 0.265 e. The van der Waals surface area contributed by atoms with Gasteiger partial charge in [-0.15, -0.1) is 0 Å². The highest BCUT2D eigenvalue weighted by Crippen LogP contribution is 1.97. The summed E-state index contributed by atoms with van der Waals surface area (Å²) in [4.78, 5) is 17.4. The molecule has 10 heavy (non-hydrogen) atoms. The van der Waals surface area contributed by atoms with Gasteiger partial charge >= 0.3 is 0 Å². The van der Waals surface area contributed by atoms with Gasteiger partial charge in [-0.05, 0) is 15.9 Å². The number of nitrogens with zero attached hydrogens (tertiary/aromatic N) is 1. The van der Waals surface area contributed by atoms with Crippen molar-refractivity contribution in [2.75, 3.05) is 0 Å². The molecule has 0 aromatic carbocycles. The number of aryl methyl sites for hydroxylation is 1. The van der Waals surface area contributed by atoms with Crippen LogP contribution in [0.1, 0.15) is 12.7 Å². The summed E-state index contributed by atoms with van der Waals surface area (Å²) in [6.07, 6.45) is 2.26. The summed E-state index contributed by atoms with van der Waals surface area (Å²) in [7, 11) is 0. The fourth-order valence-electron chi connectivity index (χ4n) is 0.596. The van der Waals surface area contributed by atoms with Crippen LogP contribution in [0.2, 0.25) is 0 Å². The number of H-pyrrole nitrogens is 1. The average Bonchev–Trinajstić information content (AvgIpc) is 1.95. The van der Waals surface area contributed by atoms with Gasteiger partial charge in [-0.25, -0.2) is 4.98 Å². The molecule has 0 unspecified atom stereocenters. The molecule has 0 saturated heterocycles. The van der Waals surface area contributed by atoms with Crippen LogP contribution in [-0.4, -0.2) is 9.97 Å². The zero-order valence-electron chi connectivity index (χ0n) is 5.52. The molecule has 0 radical (unpaired) electrons. The van der Waals surface area contributed by atoms with Crippen molar-refractivity contribution in [1.82, 2.24) is 9.97 Å². The fraction of sp³-hybridized carbons (Fsp3) is 0.333. The maximum atomic E-state index is 10.9. The number of hydrogen-bond donors (Lipinski definition) is 1. The SMILES string of the molecule is CCc1ncc(Br)c(=O)[nH]1. The Morgan fingerprint density at radius 2 is 2.50 bits per heavy atom. The Bertz CT molecular complexity index is 281. The van der Waals surface area contributed by atoms with Gasteiger partial charge in [0.25, 0.3) is 5.56 Å². The summed E-state index contributed by atoms with van der Waals surface area (Å²) in [5.41, 5.74) is -0.119. The Hall–Kier alpha value is -0.640. The minimum absolute atomic E-state index is 0.119. The summed E-state index contributed by atoms with van der Waals surface area (Å²) < 4.78 is 0.477. The minimum Gasteiger partial charge on any atom is -0.310 e. The van der Waals surface area contributed by atoms with E-state index >= 15 is 0 Å². The molecular weight excluding hydrogens is 196 g/mol. The van der Waals surface area contributed by atoms with E-state index in [1.807, 2.05) is 6.92 Å². The monoisotopic (exact) mass is 202 g/mol. The van der Waals surface area contributed by atoms with E-state index in [4.69, 9.17) is 0 Å². The van der Waals surface area contributed by atoms with Crippen LogP contribution < -0.4 is 5.56 Å². The van der Waals surface area contributed by atoms with E-state index in [1.54, 1.807) is 0 Å². The van der Waals surface area contributed by atoms with Gasteiger partial charge in [0.2, 0.25) is 0 Å². The van der Waals surface area contributed by atoms with E-state index in [-0.39, 0.29) is 5.56 Å². The van der Waals surface area contributed by atoms with Crippen molar-refractivity contribution < 1.29 is 0 Å². The van der Waals surface area contributed by atoms with Crippen LogP contribution >= 0.6 is 15.9 Å². The number of hydrogen-bond acceptors (Lipinski definition) is 2. The van der Waals surface area contributed by atoms with Crippen molar-refractivity contribution in [1.29, 1.82) is 0 Å². The Morgan fingerprint density at radius 3 is 3.00 bits per heavy atom. The van der Waals surface area contributed by atoms with Crippen LogP contribution in [0.5, 0.6) is 0 Å². The van der Waals surface area contributed by atoms with Crippen molar-refractivity contribution in [3.63, 3.8) is 0 Å². The smallest absolute Gasteiger partial charge is 0.265 e. The molecule has 0 aliphatic rings. The van der Waals surface area contributed by atoms with Crippen LogP contribution in [0.4, 0.5) is 0 Å². The van der Waals surface area contributed by atoms with Crippen LogP contribution in [-0.2, 0) is 6.42 Å². The number of rotatable bonds is 1. The molecule has 1 rings (SSSR count). The highest BCUT2D eigenvalue weighted by atomic mass is 79.9. The highest BCUT2D eigenvalue weighted by molar-refractivity contribution is 9.10. The van der Waals surface area contributed by atoms with Gasteiger partial charge in [0.15, 0.2) is 0 Å². The lowest BCUT2D eigenvalue weighted by Crippen LogP contribution is -2.10. The first-order valence-corrected chi connectivity index (χ1v) is 3.77. The molecule has 0 spiro atoms. The van der Waals surface area contributed by atoms with Crippen molar-refractivity contribution in [2.45, 2.75) is 13.3 Å². The van der Waals surface area contributed by atoms with E-state index in [0.717, 1.165) is 6.42 Å². The lowest BCUT2D eigenvalue weighted by molar-refractivity contribution is 0.913. The zero-order chi connectivity index (χ0) is 7.56. The lowest BCUT2D eigenvalue weighted by Gasteiger charge is -1.93. The minimum atomic E-state index is -0.119. The summed E-state index contributed by atoms with van der Waals surface area (Å²) in [5.74, 6) is 0.716. The normalized spacial score (nSPS) is 9.80. The topological polar surface area (TPSA) is 45.8 Å². The maximum absolute atomic E-state index is 10.9. The van der Waals surface area contributed by atoms with Crippen molar-refractivity contribution in [3.05, 3.63) is 26.8 Å². The van der Waals surface area contributed by atoms with Crippen molar-refractivity contribution in [2.24, 2.45) is 0 Å². The number of aromatic nitrogens is 2. The first kappa shape index (κ1) is 7.47. The Morgan fingerprint density at radius 1 is 1.80 bits per heavy atom. The Labute approximate surface area is 66.6 Å². The molecule has 0 bridgehead atoms. The molecule has 0 aliphatic carbocycles. The average molecular weight is 203 g/mol. The van der Waals surface area contributed by atoms with Gasteiger partial charge in [-0.2, -0.15) is 0 Å². The first-order chi connectivity index (χ1) is 4.74. The molecule has 1 aromatic heterocycles. The fourth-order valence-corrected chi connectivity index (χ4v) is 0.797. The van der Waals surface area contributed by atoms with E-state index in [1.165, 1.54) is 6.20 Å². The van der Waals surface area contributed by atoms with Crippen LogP contribution in [0.15, 0.2) is 15.5 Å². The predicted molar refractivity (Wildman–Crippen MR) is 41.9 cm³/mol. The summed E-state index contributed by atoms with van der Waals surface area (Å²) in [6.45, 7) is 1.94. The van der Waals surface area contributed by atoms with Gasteiger partial charge in [0.1, 0.15) is 10.3 Å². The van der Waals surface area contributed by atoms with Crippen LogP contribution in [0, 0.1) is 0 Å². The van der Waals surface area contributed by atoms with E-state index in [0.29, 0.717) is 10.3 Å². The molecule has 0 fully saturated rings. The third-order valence-electron chi connectivity index (χ3n) is 1.14. The second kappa shape index (κ2) is 2.96. The van der Waals surface area contributed by atoms with Gasteiger partial charge in [0, 0.05) is 12.6 Å². The molecular formula is C6H7BrN2O. The van der Waals surface area contributed by atoms with E-state index in [9.17, 15) is 4.79 Å². The first-order valence-electron chi connectivity index (χ1n) is 2.97. The molecule has 3 nitrogen and oxygen atoms in total. The van der Waals surface area contributed by atoms with Gasteiger partial charge in [-0.1, -0.05) is 6.92 Å². The summed E-state index contributed by atoms with van der Waals surface area (Å²) in [5, 5.41) is 0. The number of halogens is 1. The molecule has 0 amide bonds. The third kappa shape index (κ3) is 1.44. The second-order valence-corrected chi connectivity index (χ2v) is 2.71. The highest BCUT2D eigenvalue weighted by Gasteiger charge is 1.95. The summed E-state index contributed by atoms with van der Waals surface area (Å²) in [6, 6.07) is 0. The molecule has 1 aromatic rings. The lowest BCUT2D eigenvalue weighted by atomic mass is 10.4. The standard InChI is InChI=1S/C6H7BrN2O/c1-2-5-8-3-4(7)6(10)9-5/h3H,2H2,1H3,(H,8,9,10). The number of aromatic amines is 1. The van der Waals surface area contributed by atoms with Crippen molar-refractivity contribution >= 4 is 15.9 Å². The van der Waals surface area contributed by atoms with Crippen molar-refractivity contribution in [3.8, 4) is 0 Å². The van der Waals surface area contributed by atoms with Gasteiger partial charge < -0.3 is 4.98 Å².